The van der Waals surface area contributed by atoms with Gasteiger partial charge in [-0.05, 0) is 31.6 Å². The maximum atomic E-state index is 11.8. The molecule has 0 spiro atoms. The van der Waals surface area contributed by atoms with E-state index >= 15 is 0 Å². The number of carboxylic acid groups (broad SMARTS) is 1. The Labute approximate surface area is 94.8 Å². The molecule has 90 valence electrons. The van der Waals surface area contributed by atoms with Crippen LogP contribution < -0.4 is 5.32 Å². The number of carbonyl (C=O) groups excluding carboxylic acids is 1. The first-order valence-corrected chi connectivity index (χ1v) is 5.83. The van der Waals surface area contributed by atoms with Gasteiger partial charge in [-0.3, -0.25) is 4.79 Å². The van der Waals surface area contributed by atoms with E-state index in [9.17, 15) is 9.59 Å². The molecule has 0 radical (unpaired) electrons. The molecule has 5 heteroatoms. The molecule has 2 rings (SSSR count). The van der Waals surface area contributed by atoms with Crippen LogP contribution in [0.15, 0.2) is 0 Å². The normalized spacial score (nSPS) is 21.3. The molecule has 2 aliphatic rings. The molecule has 0 aromatic rings. The lowest BCUT2D eigenvalue weighted by atomic mass is 10.1. The number of urea groups is 1. The Bertz CT molecular complexity index is 298. The lowest BCUT2D eigenvalue weighted by Gasteiger charge is -2.22. The monoisotopic (exact) mass is 226 g/mol. The number of amides is 2. The zero-order chi connectivity index (χ0) is 11.7. The first-order valence-electron chi connectivity index (χ1n) is 5.83. The minimum absolute atomic E-state index is 0.0366. The second kappa shape index (κ2) is 4.31. The van der Waals surface area contributed by atoms with Crippen molar-refractivity contribution in [2.24, 2.45) is 5.92 Å². The molecule has 0 aromatic heterocycles. The second-order valence-electron chi connectivity index (χ2n) is 4.83. The number of nitrogens with one attached hydrogen (secondary N) is 1. The molecular weight excluding hydrogens is 208 g/mol. The molecule has 2 fully saturated rings. The van der Waals surface area contributed by atoms with Gasteiger partial charge in [0, 0.05) is 19.1 Å². The van der Waals surface area contributed by atoms with Crippen LogP contribution in [-0.4, -0.2) is 41.1 Å². The van der Waals surface area contributed by atoms with Gasteiger partial charge in [0.2, 0.25) is 0 Å². The van der Waals surface area contributed by atoms with Crippen molar-refractivity contribution in [3.63, 3.8) is 0 Å². The van der Waals surface area contributed by atoms with Crippen molar-refractivity contribution in [3.8, 4) is 0 Å². The summed E-state index contributed by atoms with van der Waals surface area (Å²) in [5, 5.41) is 11.6. The van der Waals surface area contributed by atoms with Crippen LogP contribution in [0.1, 0.15) is 32.1 Å². The summed E-state index contributed by atoms with van der Waals surface area (Å²) in [6, 6.07) is 0.0523. The number of rotatable bonds is 5. The maximum Gasteiger partial charge on any atom is 0.317 e. The maximum absolute atomic E-state index is 11.8. The Hall–Kier alpha value is -1.26. The van der Waals surface area contributed by atoms with Gasteiger partial charge < -0.3 is 15.3 Å². The highest BCUT2D eigenvalue weighted by Gasteiger charge is 2.36. The van der Waals surface area contributed by atoms with Gasteiger partial charge in [0.25, 0.3) is 0 Å². The Morgan fingerprint density at radius 2 is 2.00 bits per heavy atom. The summed E-state index contributed by atoms with van der Waals surface area (Å²) < 4.78 is 0. The van der Waals surface area contributed by atoms with Gasteiger partial charge in [0.05, 0.1) is 6.42 Å². The van der Waals surface area contributed by atoms with Crippen molar-refractivity contribution in [1.82, 2.24) is 10.2 Å². The van der Waals surface area contributed by atoms with Crippen molar-refractivity contribution in [2.45, 2.75) is 44.2 Å². The summed E-state index contributed by atoms with van der Waals surface area (Å²) in [7, 11) is 1.78. The number of nitrogens with zero attached hydrogens (tertiary/aromatic N) is 1. The Morgan fingerprint density at radius 3 is 2.44 bits per heavy atom. The third kappa shape index (κ3) is 2.87. The summed E-state index contributed by atoms with van der Waals surface area (Å²) in [5.74, 6) is -0.473. The molecule has 2 aliphatic carbocycles. The van der Waals surface area contributed by atoms with E-state index in [1.807, 2.05) is 0 Å². The summed E-state index contributed by atoms with van der Waals surface area (Å²) >= 11 is 0. The second-order valence-corrected chi connectivity index (χ2v) is 4.83. The lowest BCUT2D eigenvalue weighted by molar-refractivity contribution is -0.137. The van der Waals surface area contributed by atoms with Crippen LogP contribution in [-0.2, 0) is 4.79 Å². The van der Waals surface area contributed by atoms with E-state index in [1.54, 1.807) is 11.9 Å². The molecule has 2 N–H and O–H groups in total. The minimum Gasteiger partial charge on any atom is -0.481 e. The molecule has 0 bridgehead atoms. The molecule has 1 atom stereocenters. The smallest absolute Gasteiger partial charge is 0.317 e. The van der Waals surface area contributed by atoms with Gasteiger partial charge >= 0.3 is 12.0 Å². The van der Waals surface area contributed by atoms with E-state index in [1.165, 1.54) is 0 Å². The third-order valence-corrected chi connectivity index (χ3v) is 3.31. The summed E-state index contributed by atoms with van der Waals surface area (Å²) in [6.45, 7) is 0. The lowest BCUT2D eigenvalue weighted by Crippen LogP contribution is -2.45. The Morgan fingerprint density at radius 1 is 1.38 bits per heavy atom. The van der Waals surface area contributed by atoms with Crippen molar-refractivity contribution in [3.05, 3.63) is 0 Å². The van der Waals surface area contributed by atoms with Crippen LogP contribution in [0, 0.1) is 5.92 Å². The molecule has 0 aromatic carbocycles. The third-order valence-electron chi connectivity index (χ3n) is 3.31. The van der Waals surface area contributed by atoms with Gasteiger partial charge in [0.1, 0.15) is 0 Å². The molecule has 5 nitrogen and oxygen atoms in total. The number of aliphatic carboxylic acids is 1. The average molecular weight is 226 g/mol. The van der Waals surface area contributed by atoms with Crippen molar-refractivity contribution < 1.29 is 14.7 Å². The predicted octanol–water partition coefficient (Wildman–Crippen LogP) is 1.04. The predicted molar refractivity (Wildman–Crippen MR) is 58.1 cm³/mol. The fourth-order valence-corrected chi connectivity index (χ4v) is 1.91. The van der Waals surface area contributed by atoms with Crippen LogP contribution in [0.5, 0.6) is 0 Å². The fourth-order valence-electron chi connectivity index (χ4n) is 1.91. The molecular formula is C11H18N2O3. The van der Waals surface area contributed by atoms with Crippen LogP contribution in [0.3, 0.4) is 0 Å². The number of carbonyl (C=O) groups is 2. The van der Waals surface area contributed by atoms with E-state index in [2.05, 4.69) is 5.32 Å². The average Bonchev–Trinajstić information content (AvgIpc) is 3.02. The van der Waals surface area contributed by atoms with Crippen molar-refractivity contribution >= 4 is 12.0 Å². The van der Waals surface area contributed by atoms with Gasteiger partial charge in [-0.2, -0.15) is 0 Å². The van der Waals surface area contributed by atoms with E-state index < -0.39 is 5.97 Å². The summed E-state index contributed by atoms with van der Waals surface area (Å²) in [6.07, 6.45) is 4.24. The zero-order valence-electron chi connectivity index (χ0n) is 9.48. The van der Waals surface area contributed by atoms with Crippen molar-refractivity contribution in [2.75, 3.05) is 7.05 Å². The topological polar surface area (TPSA) is 69.6 Å². The number of hydrogen-bond donors (Lipinski definition) is 2. The molecule has 0 heterocycles. The fraction of sp³-hybridized carbons (Fsp3) is 0.818. The Balaban J connectivity index is 1.83. The first-order chi connectivity index (χ1) is 7.58. The largest absolute Gasteiger partial charge is 0.481 e. The number of hydrogen-bond acceptors (Lipinski definition) is 2. The van der Waals surface area contributed by atoms with Gasteiger partial charge in [-0.25, -0.2) is 4.79 Å². The van der Waals surface area contributed by atoms with Crippen LogP contribution in [0.2, 0.25) is 0 Å². The molecule has 0 aliphatic heterocycles. The zero-order valence-corrected chi connectivity index (χ0v) is 9.48. The summed E-state index contributed by atoms with van der Waals surface area (Å²) in [4.78, 5) is 24.1. The standard InChI is InChI=1S/C11H18N2O3/c1-13(8-4-5-8)11(16)12-9(6-10(14)15)7-2-3-7/h7-9H,2-6H2,1H3,(H,12,16)(H,14,15). The van der Waals surface area contributed by atoms with E-state index in [4.69, 9.17) is 5.11 Å². The first kappa shape index (κ1) is 11.2. The van der Waals surface area contributed by atoms with Crippen LogP contribution >= 0.6 is 0 Å². The van der Waals surface area contributed by atoms with Crippen LogP contribution in [0.25, 0.3) is 0 Å². The summed E-state index contributed by atoms with van der Waals surface area (Å²) in [5.41, 5.74) is 0. The van der Waals surface area contributed by atoms with Crippen LogP contribution in [0.4, 0.5) is 4.79 Å². The van der Waals surface area contributed by atoms with Crippen molar-refractivity contribution in [1.29, 1.82) is 0 Å². The van der Waals surface area contributed by atoms with Gasteiger partial charge in [-0.15, -0.1) is 0 Å². The highest BCUT2D eigenvalue weighted by atomic mass is 16.4. The molecule has 2 amide bonds. The SMILES string of the molecule is CN(C(=O)NC(CC(=O)O)C1CC1)C1CC1. The number of carboxylic acids is 1. The van der Waals surface area contributed by atoms with Gasteiger partial charge in [0.15, 0.2) is 0 Å². The quantitative estimate of drug-likeness (QED) is 0.736. The minimum atomic E-state index is -0.841. The molecule has 16 heavy (non-hydrogen) atoms. The van der Waals surface area contributed by atoms with Gasteiger partial charge in [-0.1, -0.05) is 0 Å². The highest BCUT2D eigenvalue weighted by Crippen LogP contribution is 2.34. The molecule has 1 unspecified atom stereocenters. The highest BCUT2D eigenvalue weighted by molar-refractivity contribution is 5.76. The van der Waals surface area contributed by atoms with E-state index in [0.29, 0.717) is 12.0 Å². The Kier molecular flexibility index (Phi) is 3.03. The van der Waals surface area contributed by atoms with E-state index in [0.717, 1.165) is 25.7 Å². The van der Waals surface area contributed by atoms with E-state index in [-0.39, 0.29) is 18.5 Å². The molecule has 2 saturated carbocycles. The molecule has 0 saturated heterocycles.